The molecule has 0 saturated carbocycles. The third-order valence-corrected chi connectivity index (χ3v) is 4.61. The smallest absolute Gasteiger partial charge is 0.257 e. The quantitative estimate of drug-likeness (QED) is 0.709. The van der Waals surface area contributed by atoms with Crippen LogP contribution in [0.15, 0.2) is 60.7 Å². The van der Waals surface area contributed by atoms with Crippen molar-refractivity contribution in [2.45, 2.75) is 26.8 Å². The first-order chi connectivity index (χ1) is 12.6. The van der Waals surface area contributed by atoms with Crippen molar-refractivity contribution in [3.8, 4) is 0 Å². The summed E-state index contributed by atoms with van der Waals surface area (Å²) in [5.74, 6) is -0.104. The molecule has 0 radical (unpaired) electrons. The van der Waals surface area contributed by atoms with Gasteiger partial charge in [-0.25, -0.2) is 0 Å². The minimum absolute atomic E-state index is 0.104. The number of carbonyl (C=O) groups is 1. The van der Waals surface area contributed by atoms with Gasteiger partial charge in [-0.2, -0.15) is 0 Å². The number of aliphatic hydroxyl groups excluding tert-OH is 1. The molecule has 0 spiro atoms. The standard InChI is InChI=1S/C22H24N2O2/c1-16-14-21(17(2)24(16)15-19-6-4-3-5-7-19)22(26)23-20-10-8-18(9-11-20)12-13-25/h3-11,14,25H,12-13,15H2,1-2H3,(H,23,26). The van der Waals surface area contributed by atoms with Gasteiger partial charge in [0.1, 0.15) is 0 Å². The lowest BCUT2D eigenvalue weighted by Gasteiger charge is -2.10. The third kappa shape index (κ3) is 4.03. The fraction of sp³-hybridized carbons (Fsp3) is 0.227. The van der Waals surface area contributed by atoms with Crippen LogP contribution in [-0.4, -0.2) is 22.2 Å². The molecule has 4 heteroatoms. The Kier molecular flexibility index (Phi) is 5.54. The van der Waals surface area contributed by atoms with Crippen LogP contribution in [0.2, 0.25) is 0 Å². The van der Waals surface area contributed by atoms with Gasteiger partial charge in [-0.15, -0.1) is 0 Å². The van der Waals surface area contributed by atoms with Gasteiger partial charge >= 0.3 is 0 Å². The van der Waals surface area contributed by atoms with Crippen molar-refractivity contribution in [1.82, 2.24) is 4.57 Å². The number of aryl methyl sites for hydroxylation is 1. The summed E-state index contributed by atoms with van der Waals surface area (Å²) in [5, 5.41) is 11.9. The molecule has 26 heavy (non-hydrogen) atoms. The van der Waals surface area contributed by atoms with Gasteiger partial charge in [0.05, 0.1) is 5.56 Å². The second kappa shape index (κ2) is 8.02. The van der Waals surface area contributed by atoms with E-state index in [0.717, 1.165) is 29.2 Å². The van der Waals surface area contributed by atoms with E-state index in [2.05, 4.69) is 22.0 Å². The molecule has 1 aromatic heterocycles. The van der Waals surface area contributed by atoms with Crippen LogP contribution in [-0.2, 0) is 13.0 Å². The molecule has 134 valence electrons. The second-order valence-electron chi connectivity index (χ2n) is 6.48. The summed E-state index contributed by atoms with van der Waals surface area (Å²) in [5.41, 5.74) is 5.73. The molecule has 0 unspecified atom stereocenters. The van der Waals surface area contributed by atoms with Gasteiger partial charge in [-0.1, -0.05) is 42.5 Å². The lowest BCUT2D eigenvalue weighted by molar-refractivity contribution is 0.102. The summed E-state index contributed by atoms with van der Waals surface area (Å²) in [6.45, 7) is 4.88. The molecule has 3 rings (SSSR count). The molecule has 0 atom stereocenters. The van der Waals surface area contributed by atoms with Gasteiger partial charge in [0, 0.05) is 30.2 Å². The first kappa shape index (κ1) is 18.0. The van der Waals surface area contributed by atoms with E-state index in [9.17, 15) is 4.79 Å². The van der Waals surface area contributed by atoms with E-state index in [0.29, 0.717) is 12.0 Å². The van der Waals surface area contributed by atoms with Crippen LogP contribution in [0.25, 0.3) is 0 Å². The molecule has 3 aromatic rings. The molecule has 0 aliphatic rings. The minimum atomic E-state index is -0.104. The molecule has 4 nitrogen and oxygen atoms in total. The molecule has 1 heterocycles. The number of amides is 1. The third-order valence-electron chi connectivity index (χ3n) is 4.61. The van der Waals surface area contributed by atoms with Crippen LogP contribution in [0.4, 0.5) is 5.69 Å². The van der Waals surface area contributed by atoms with Gasteiger partial charge in [0.15, 0.2) is 0 Å². The van der Waals surface area contributed by atoms with Crippen LogP contribution < -0.4 is 5.32 Å². The molecule has 1 amide bonds. The fourth-order valence-corrected chi connectivity index (χ4v) is 3.12. The SMILES string of the molecule is Cc1cc(C(=O)Nc2ccc(CCO)cc2)c(C)n1Cc1ccccc1. The highest BCUT2D eigenvalue weighted by Crippen LogP contribution is 2.19. The predicted octanol–water partition coefficient (Wildman–Crippen LogP) is 3.94. The van der Waals surface area contributed by atoms with E-state index in [1.165, 1.54) is 5.56 Å². The van der Waals surface area contributed by atoms with Gasteiger partial charge in [0.25, 0.3) is 5.91 Å². The number of carbonyl (C=O) groups excluding carboxylic acids is 1. The number of nitrogens with one attached hydrogen (secondary N) is 1. The average molecular weight is 348 g/mol. The van der Waals surface area contributed by atoms with Gasteiger partial charge in [-0.05, 0) is 49.6 Å². The highest BCUT2D eigenvalue weighted by molar-refractivity contribution is 6.05. The summed E-state index contributed by atoms with van der Waals surface area (Å²) in [4.78, 5) is 12.7. The zero-order valence-electron chi connectivity index (χ0n) is 15.2. The summed E-state index contributed by atoms with van der Waals surface area (Å²) in [6, 6.07) is 19.7. The number of hydrogen-bond acceptors (Lipinski definition) is 2. The molecule has 0 fully saturated rings. The van der Waals surface area contributed by atoms with Crippen molar-refractivity contribution < 1.29 is 9.90 Å². The summed E-state index contributed by atoms with van der Waals surface area (Å²) >= 11 is 0. The number of hydrogen-bond donors (Lipinski definition) is 2. The number of nitrogens with zero attached hydrogens (tertiary/aromatic N) is 1. The topological polar surface area (TPSA) is 54.3 Å². The van der Waals surface area contributed by atoms with Crippen molar-refractivity contribution in [2.24, 2.45) is 0 Å². The highest BCUT2D eigenvalue weighted by atomic mass is 16.3. The molecular formula is C22H24N2O2. The van der Waals surface area contributed by atoms with Crippen LogP contribution in [0.1, 0.15) is 32.9 Å². The van der Waals surface area contributed by atoms with Gasteiger partial charge < -0.3 is 15.0 Å². The predicted molar refractivity (Wildman–Crippen MR) is 105 cm³/mol. The monoisotopic (exact) mass is 348 g/mol. The molecule has 0 bridgehead atoms. The molecular weight excluding hydrogens is 324 g/mol. The van der Waals surface area contributed by atoms with E-state index in [-0.39, 0.29) is 12.5 Å². The molecule has 0 aliphatic carbocycles. The van der Waals surface area contributed by atoms with E-state index >= 15 is 0 Å². The van der Waals surface area contributed by atoms with E-state index in [4.69, 9.17) is 5.11 Å². The zero-order valence-corrected chi connectivity index (χ0v) is 15.2. The van der Waals surface area contributed by atoms with Crippen molar-refractivity contribution in [2.75, 3.05) is 11.9 Å². The van der Waals surface area contributed by atoms with Crippen LogP contribution in [0, 0.1) is 13.8 Å². The minimum Gasteiger partial charge on any atom is -0.396 e. The van der Waals surface area contributed by atoms with Gasteiger partial charge in [-0.3, -0.25) is 4.79 Å². The number of rotatable bonds is 6. The molecule has 2 aromatic carbocycles. The van der Waals surface area contributed by atoms with Crippen molar-refractivity contribution in [1.29, 1.82) is 0 Å². The van der Waals surface area contributed by atoms with E-state index < -0.39 is 0 Å². The Morgan fingerprint density at radius 3 is 2.35 bits per heavy atom. The summed E-state index contributed by atoms with van der Waals surface area (Å²) in [6.07, 6.45) is 0.620. The Morgan fingerprint density at radius 1 is 1.00 bits per heavy atom. The second-order valence-corrected chi connectivity index (χ2v) is 6.48. The Bertz CT molecular complexity index is 881. The van der Waals surface area contributed by atoms with Gasteiger partial charge in [0.2, 0.25) is 0 Å². The fourth-order valence-electron chi connectivity index (χ4n) is 3.12. The normalized spacial score (nSPS) is 10.7. The maximum atomic E-state index is 12.7. The zero-order chi connectivity index (χ0) is 18.5. The first-order valence-electron chi connectivity index (χ1n) is 8.80. The number of anilines is 1. The highest BCUT2D eigenvalue weighted by Gasteiger charge is 2.16. The largest absolute Gasteiger partial charge is 0.396 e. The number of aliphatic hydroxyl groups is 1. The van der Waals surface area contributed by atoms with E-state index in [1.807, 2.05) is 62.4 Å². The Morgan fingerprint density at radius 2 is 1.69 bits per heavy atom. The Labute approximate surface area is 154 Å². The van der Waals surface area contributed by atoms with Crippen LogP contribution in [0.3, 0.4) is 0 Å². The van der Waals surface area contributed by atoms with Crippen LogP contribution >= 0.6 is 0 Å². The number of aromatic nitrogens is 1. The molecule has 0 saturated heterocycles. The summed E-state index contributed by atoms with van der Waals surface area (Å²) in [7, 11) is 0. The Balaban J connectivity index is 1.76. The molecule has 0 aliphatic heterocycles. The number of benzene rings is 2. The van der Waals surface area contributed by atoms with E-state index in [1.54, 1.807) is 0 Å². The first-order valence-corrected chi connectivity index (χ1v) is 8.80. The average Bonchev–Trinajstić information content (AvgIpc) is 2.93. The summed E-state index contributed by atoms with van der Waals surface area (Å²) < 4.78 is 2.16. The van der Waals surface area contributed by atoms with Crippen molar-refractivity contribution >= 4 is 11.6 Å². The maximum absolute atomic E-state index is 12.7. The lowest BCUT2D eigenvalue weighted by atomic mass is 10.1. The maximum Gasteiger partial charge on any atom is 0.257 e. The van der Waals surface area contributed by atoms with Crippen molar-refractivity contribution in [3.63, 3.8) is 0 Å². The Hall–Kier alpha value is -2.85. The van der Waals surface area contributed by atoms with Crippen molar-refractivity contribution in [3.05, 3.63) is 88.7 Å². The molecule has 2 N–H and O–H groups in total. The van der Waals surface area contributed by atoms with Crippen LogP contribution in [0.5, 0.6) is 0 Å². The lowest BCUT2D eigenvalue weighted by Crippen LogP contribution is -2.13.